The molecule has 2 rings (SSSR count). The number of alkyl halides is 1. The van der Waals surface area contributed by atoms with Crippen LogP contribution in [0.3, 0.4) is 0 Å². The van der Waals surface area contributed by atoms with Gasteiger partial charge in [-0.1, -0.05) is 16.8 Å². The van der Waals surface area contributed by atoms with E-state index in [-0.39, 0.29) is 0 Å². The van der Waals surface area contributed by atoms with Crippen LogP contribution in [0.1, 0.15) is 23.5 Å². The normalized spacial score (nSPS) is 11.1. The van der Waals surface area contributed by atoms with Gasteiger partial charge < -0.3 is 0 Å². The molecule has 0 unspecified atom stereocenters. The first-order valence-electron chi connectivity index (χ1n) is 5.74. The van der Waals surface area contributed by atoms with Gasteiger partial charge in [-0.05, 0) is 19.8 Å². The largest absolute Gasteiger partial charge is 0.269 e. The van der Waals surface area contributed by atoms with Gasteiger partial charge in [-0.15, -0.1) is 16.7 Å². The van der Waals surface area contributed by atoms with Crippen molar-refractivity contribution in [1.82, 2.24) is 24.8 Å². The molecule has 0 fully saturated rings. The van der Waals surface area contributed by atoms with Crippen LogP contribution in [0.2, 0.25) is 5.02 Å². The number of aryl methyl sites for hydroxylation is 3. The highest BCUT2D eigenvalue weighted by molar-refractivity contribution is 6.31. The van der Waals surface area contributed by atoms with Crippen molar-refractivity contribution >= 4 is 23.2 Å². The highest BCUT2D eigenvalue weighted by Gasteiger charge is 2.12. The molecule has 0 spiro atoms. The number of rotatable bonds is 5. The molecule has 0 saturated heterocycles. The van der Waals surface area contributed by atoms with Gasteiger partial charge in [-0.2, -0.15) is 5.10 Å². The van der Waals surface area contributed by atoms with E-state index in [1.54, 1.807) is 9.36 Å². The minimum atomic E-state index is 0.573. The number of halogens is 2. The van der Waals surface area contributed by atoms with Crippen LogP contribution in [0, 0.1) is 6.92 Å². The zero-order valence-corrected chi connectivity index (χ0v) is 11.9. The lowest BCUT2D eigenvalue weighted by Crippen LogP contribution is -2.06. The smallest absolute Gasteiger partial charge is 0.0866 e. The summed E-state index contributed by atoms with van der Waals surface area (Å²) in [7, 11) is 1.87. The van der Waals surface area contributed by atoms with E-state index in [2.05, 4.69) is 15.4 Å². The molecule has 0 aromatic carbocycles. The Hall–Kier alpha value is -1.07. The second kappa shape index (κ2) is 5.71. The predicted molar refractivity (Wildman–Crippen MR) is 71.1 cm³/mol. The predicted octanol–water partition coefficient (Wildman–Crippen LogP) is 2.19. The molecule has 5 nitrogen and oxygen atoms in total. The monoisotopic (exact) mass is 287 g/mol. The van der Waals surface area contributed by atoms with Crippen molar-refractivity contribution in [3.8, 4) is 0 Å². The Morgan fingerprint density at radius 1 is 1.39 bits per heavy atom. The molecule has 2 aromatic rings. The lowest BCUT2D eigenvalue weighted by atomic mass is 10.3. The van der Waals surface area contributed by atoms with Crippen LogP contribution in [0.25, 0.3) is 0 Å². The molecule has 0 N–H and O–H groups in total. The van der Waals surface area contributed by atoms with E-state index in [1.807, 2.05) is 20.2 Å². The Kier molecular flexibility index (Phi) is 4.24. The van der Waals surface area contributed by atoms with Crippen LogP contribution < -0.4 is 0 Å². The average Bonchev–Trinajstić information content (AvgIpc) is 2.88. The van der Waals surface area contributed by atoms with Crippen LogP contribution >= 0.6 is 23.2 Å². The molecule has 2 aromatic heterocycles. The quantitative estimate of drug-likeness (QED) is 0.792. The topological polar surface area (TPSA) is 48.5 Å². The van der Waals surface area contributed by atoms with Crippen LogP contribution in [0.15, 0.2) is 6.20 Å². The Morgan fingerprint density at radius 2 is 2.17 bits per heavy atom. The van der Waals surface area contributed by atoms with E-state index in [0.29, 0.717) is 17.4 Å². The Labute approximate surface area is 116 Å². The van der Waals surface area contributed by atoms with Crippen LogP contribution in [0.5, 0.6) is 0 Å². The number of nitrogens with zero attached hydrogens (tertiary/aromatic N) is 5. The summed E-state index contributed by atoms with van der Waals surface area (Å²) in [5.74, 6) is 0.639. The minimum Gasteiger partial charge on any atom is -0.269 e. The number of hydrogen-bond acceptors (Lipinski definition) is 3. The molecule has 7 heteroatoms. The fourth-order valence-corrected chi connectivity index (χ4v) is 2.14. The summed E-state index contributed by atoms with van der Waals surface area (Å²) >= 11 is 11.8. The minimum absolute atomic E-state index is 0.573. The van der Waals surface area contributed by atoms with E-state index in [0.717, 1.165) is 29.9 Å². The summed E-state index contributed by atoms with van der Waals surface area (Å²) in [6.45, 7) is 2.46. The second-order valence-corrected chi connectivity index (χ2v) is 4.93. The molecule has 2 heterocycles. The zero-order valence-electron chi connectivity index (χ0n) is 10.4. The first-order chi connectivity index (χ1) is 8.61. The lowest BCUT2D eigenvalue weighted by molar-refractivity contribution is 0.599. The van der Waals surface area contributed by atoms with Crippen LogP contribution in [-0.4, -0.2) is 30.7 Å². The molecular formula is C11H15Cl2N5. The third-order valence-electron chi connectivity index (χ3n) is 2.73. The molecular weight excluding hydrogens is 273 g/mol. The van der Waals surface area contributed by atoms with Gasteiger partial charge in [-0.25, -0.2) is 4.68 Å². The maximum absolute atomic E-state index is 6.19. The maximum atomic E-state index is 6.19. The molecule has 0 bridgehead atoms. The molecule has 0 radical (unpaired) electrons. The number of hydrogen-bond donors (Lipinski definition) is 0. The molecule has 18 heavy (non-hydrogen) atoms. The average molecular weight is 288 g/mol. The van der Waals surface area contributed by atoms with Gasteiger partial charge >= 0.3 is 0 Å². The molecule has 0 aliphatic rings. The van der Waals surface area contributed by atoms with Crippen LogP contribution in [0.4, 0.5) is 0 Å². The first-order valence-corrected chi connectivity index (χ1v) is 6.66. The maximum Gasteiger partial charge on any atom is 0.0866 e. The Bertz CT molecular complexity index is 532. The summed E-state index contributed by atoms with van der Waals surface area (Å²) in [6, 6.07) is 0. The zero-order chi connectivity index (χ0) is 13.1. The summed E-state index contributed by atoms with van der Waals surface area (Å²) < 4.78 is 3.55. The number of aromatic nitrogens is 5. The summed E-state index contributed by atoms with van der Waals surface area (Å²) in [4.78, 5) is 0. The molecule has 0 atom stereocenters. The van der Waals surface area contributed by atoms with Crippen molar-refractivity contribution < 1.29 is 0 Å². The Morgan fingerprint density at radius 3 is 2.78 bits per heavy atom. The molecule has 0 amide bonds. The van der Waals surface area contributed by atoms with Gasteiger partial charge in [0.05, 0.1) is 28.6 Å². The second-order valence-electron chi connectivity index (χ2n) is 4.17. The van der Waals surface area contributed by atoms with Crippen molar-refractivity contribution in [1.29, 1.82) is 0 Å². The SMILES string of the molecule is Cc1nn(C)c(Cn2cc(CCCCl)nn2)c1Cl. The van der Waals surface area contributed by atoms with E-state index in [1.165, 1.54) is 0 Å². The fraction of sp³-hybridized carbons (Fsp3) is 0.545. The van der Waals surface area contributed by atoms with E-state index in [9.17, 15) is 0 Å². The first kappa shape index (κ1) is 13.4. The summed E-state index contributed by atoms with van der Waals surface area (Å²) in [5, 5.41) is 13.1. The summed E-state index contributed by atoms with van der Waals surface area (Å²) in [6.07, 6.45) is 3.68. The van der Waals surface area contributed by atoms with Gasteiger partial charge in [0.1, 0.15) is 0 Å². The van der Waals surface area contributed by atoms with Crippen LogP contribution in [-0.2, 0) is 20.0 Å². The van der Waals surface area contributed by atoms with Gasteiger partial charge in [0.25, 0.3) is 0 Å². The van der Waals surface area contributed by atoms with E-state index in [4.69, 9.17) is 23.2 Å². The Balaban J connectivity index is 2.11. The molecule has 0 saturated carbocycles. The van der Waals surface area contributed by atoms with Gasteiger partial charge in [0.2, 0.25) is 0 Å². The fourth-order valence-electron chi connectivity index (χ4n) is 1.78. The van der Waals surface area contributed by atoms with Crippen molar-refractivity contribution in [3.05, 3.63) is 28.3 Å². The van der Waals surface area contributed by atoms with Crippen molar-refractivity contribution in [2.45, 2.75) is 26.3 Å². The molecule has 98 valence electrons. The van der Waals surface area contributed by atoms with Crippen molar-refractivity contribution in [2.24, 2.45) is 7.05 Å². The van der Waals surface area contributed by atoms with Gasteiger partial charge in [-0.3, -0.25) is 4.68 Å². The molecule has 0 aliphatic carbocycles. The highest BCUT2D eigenvalue weighted by Crippen LogP contribution is 2.20. The third kappa shape index (κ3) is 2.84. The van der Waals surface area contributed by atoms with E-state index >= 15 is 0 Å². The van der Waals surface area contributed by atoms with E-state index < -0.39 is 0 Å². The van der Waals surface area contributed by atoms with Gasteiger partial charge in [0, 0.05) is 19.1 Å². The highest BCUT2D eigenvalue weighted by atomic mass is 35.5. The van der Waals surface area contributed by atoms with Gasteiger partial charge in [0.15, 0.2) is 0 Å². The molecule has 0 aliphatic heterocycles. The standard InChI is InChI=1S/C11H15Cl2N5/c1-8-11(13)10(17(2)15-8)7-18-6-9(14-16-18)4-3-5-12/h6H,3-5,7H2,1-2H3. The van der Waals surface area contributed by atoms with Crippen molar-refractivity contribution in [3.63, 3.8) is 0 Å². The summed E-state index contributed by atoms with van der Waals surface area (Å²) in [5.41, 5.74) is 2.71. The lowest BCUT2D eigenvalue weighted by Gasteiger charge is -2.01. The van der Waals surface area contributed by atoms with Crippen molar-refractivity contribution in [2.75, 3.05) is 5.88 Å². The third-order valence-corrected chi connectivity index (χ3v) is 3.48.